The smallest absolute Gasteiger partial charge is 1.00 e. The summed E-state index contributed by atoms with van der Waals surface area (Å²) in [6, 6.07) is 18.2. The monoisotopic (exact) mass is 2020 g/mol. The van der Waals surface area contributed by atoms with Crippen molar-refractivity contribution in [1.82, 2.24) is 33.6 Å². The topological polar surface area (TPSA) is 256 Å². The largest absolute Gasteiger partial charge is 1.00 e. The molecule has 3 aliphatic carbocycles. The SMILES string of the molecule is Brc1cnc(I)nc1.C.C.C.CC(=O)c1ccc2c(C3CCCC3)c(-c3ncc(Br)cn3)n(C)c2c1.CC(=O)c1ccc2c(C3CCCC3)c(B3OC(C)(C)C(C)(C)O3)n(C)c2c1.CC(=O)c1ccc2c(C3CCCC3)c(Br)n(C)c2c1.CC(C)(O)C(C)(C)O.CC1(C)OBOC1(C)C.I.OB(O)O.[I-].[K+]. The minimum absolute atomic E-state index is 0. The molecule has 5 aromatic heterocycles. The Kier molecular flexibility index (Phi) is 41.9. The first-order valence-electron chi connectivity index (χ1n) is 34.3. The quantitative estimate of drug-likeness (QED) is 0.0390. The molecule has 0 amide bonds. The van der Waals surface area contributed by atoms with Crippen LogP contribution in [0.5, 0.6) is 0 Å². The van der Waals surface area contributed by atoms with Gasteiger partial charge in [0.15, 0.2) is 27.0 Å². The summed E-state index contributed by atoms with van der Waals surface area (Å²) in [6.45, 7) is 27.7. The van der Waals surface area contributed by atoms with Gasteiger partial charge in [0, 0.05) is 118 Å². The number of halogens is 6. The van der Waals surface area contributed by atoms with Gasteiger partial charge in [-0.05, 0) is 243 Å². The molecule has 3 saturated carbocycles. The molecule has 7 heterocycles. The summed E-state index contributed by atoms with van der Waals surface area (Å²) in [5.74, 6) is 2.79. The second-order valence-electron chi connectivity index (χ2n) is 29.6. The third-order valence-corrected chi connectivity index (χ3v) is 23.2. The first kappa shape index (κ1) is 103. The number of ketones is 3. The normalized spacial score (nSPS) is 16.7. The van der Waals surface area contributed by atoms with Crippen molar-refractivity contribution in [2.75, 3.05) is 0 Å². The van der Waals surface area contributed by atoms with Crippen molar-refractivity contribution in [3.05, 3.63) is 130 Å². The number of rotatable bonds is 9. The summed E-state index contributed by atoms with van der Waals surface area (Å²) >= 11 is 12.4. The van der Waals surface area contributed by atoms with Gasteiger partial charge in [-0.1, -0.05) is 97.2 Å². The zero-order chi connectivity index (χ0) is 74.4. The van der Waals surface area contributed by atoms with Gasteiger partial charge in [0.05, 0.1) is 58.4 Å². The summed E-state index contributed by atoms with van der Waals surface area (Å²) in [6.07, 6.45) is 22.2. The Bertz CT molecular complexity index is 4100. The van der Waals surface area contributed by atoms with E-state index in [-0.39, 0.29) is 168 Å². The van der Waals surface area contributed by atoms with E-state index in [1.54, 1.807) is 73.3 Å². The molecule has 3 aromatic carbocycles. The van der Waals surface area contributed by atoms with Gasteiger partial charge >= 0.3 is 73.5 Å². The van der Waals surface area contributed by atoms with Crippen LogP contribution in [-0.2, 0) is 39.8 Å². The fraction of sp³-hybridized carbons (Fsp3) is 0.545. The van der Waals surface area contributed by atoms with Gasteiger partial charge in [-0.15, -0.1) is 24.0 Å². The van der Waals surface area contributed by atoms with Crippen molar-refractivity contribution in [2.24, 2.45) is 21.1 Å². The van der Waals surface area contributed by atoms with Crippen LogP contribution in [0, 0.1) is 3.83 Å². The Hall–Kier alpha value is -1.45. The van der Waals surface area contributed by atoms with Crippen LogP contribution in [-0.4, -0.2) is 132 Å². The van der Waals surface area contributed by atoms with Crippen LogP contribution in [0.15, 0.2) is 92.9 Å². The van der Waals surface area contributed by atoms with Gasteiger partial charge in [-0.3, -0.25) is 14.4 Å². The number of Topliss-reactive ketones (excluding diaryl/α,β-unsaturated/α-hetero) is 3. The summed E-state index contributed by atoms with van der Waals surface area (Å²) < 4.78 is 33.8. The average molecular weight is 2020 g/mol. The molecule has 13 rings (SSSR count). The molecule has 5 aliphatic rings. The van der Waals surface area contributed by atoms with Gasteiger partial charge in [0.2, 0.25) is 0 Å². The van der Waals surface area contributed by atoms with Crippen LogP contribution in [0.25, 0.3) is 44.2 Å². The molecule has 5 fully saturated rings. The minimum atomic E-state index is -2.17. The number of hydrogen-bond donors (Lipinski definition) is 5. The molecule has 29 heteroatoms. The summed E-state index contributed by atoms with van der Waals surface area (Å²) in [4.78, 5) is 52.2. The third-order valence-electron chi connectivity index (χ3n) is 20.9. The number of aryl methyl sites for hydroxylation is 3. The zero-order valence-electron chi connectivity index (χ0n) is 63.1. The molecule has 2 saturated heterocycles. The number of fused-ring (bicyclic) bond motifs is 3. The van der Waals surface area contributed by atoms with Crippen LogP contribution in [0.3, 0.4) is 0 Å². The number of aromatic nitrogens is 7. The van der Waals surface area contributed by atoms with Gasteiger partial charge in [-0.25, -0.2) is 19.9 Å². The molecule has 0 spiro atoms. The van der Waals surface area contributed by atoms with E-state index in [0.717, 1.165) is 63.1 Å². The van der Waals surface area contributed by atoms with E-state index in [1.807, 2.05) is 71.1 Å². The molecule has 2 aliphatic heterocycles. The molecule has 8 aromatic rings. The van der Waals surface area contributed by atoms with Gasteiger partial charge in [-0.2, -0.15) is 0 Å². The van der Waals surface area contributed by atoms with Crippen LogP contribution in [0.1, 0.15) is 269 Å². The fourth-order valence-corrected chi connectivity index (χ4v) is 14.2. The van der Waals surface area contributed by atoms with E-state index < -0.39 is 18.5 Å². The van der Waals surface area contributed by atoms with Crippen molar-refractivity contribution < 1.29 is 134 Å². The van der Waals surface area contributed by atoms with Gasteiger partial charge in [0.1, 0.15) is 0 Å². The van der Waals surface area contributed by atoms with E-state index in [4.69, 9.17) is 43.9 Å². The van der Waals surface area contributed by atoms with Gasteiger partial charge < -0.3 is 81.6 Å². The van der Waals surface area contributed by atoms with Crippen LogP contribution in [0.2, 0.25) is 0 Å². The molecule has 19 nitrogen and oxygen atoms in total. The number of carbonyl (C=O) groups is 3. The molecular formula is C77H113B3Br3I3KN7O12. The standard InChI is InChI=1S/C22H30BNO3.C20H20BrN3O.C16H18BrNO.C6H13BO2.C6H14O2.C4H2BrIN2.3CH4.BH3O3.2HI.K/c1-14(25)16-11-12-17-18(13-16)24(6)20(19(17)15-9-7-8-10-15)23-26-21(2,3)22(4,5)27-23;1-12(25)14-7-8-16-17(9-14)24(2)19(18(16)13-5-3-4-6-13)20-22-10-15(21)11-23-20;1-10(19)12-7-8-13-14(9-12)18(2)16(17)15(13)11-5-3-4-6-11;1-5(2)6(3,4)9-7-8-5;1-5(2,7)6(3,4)8;5-3-1-7-4(6)8-2-3;;;;2-1(3)4;;;/h11-13,15H,7-10H2,1-6H3;7-11,13H,3-6H2,1-2H3;7-9,11H,3-6H2,1-2H3;7H,1-4H3;7-8H,1-4H3;1-2H;3*1H4;2-4H;2*1H;/q;;;;;;;;;;;;+1/p-1. The van der Waals surface area contributed by atoms with Crippen molar-refractivity contribution in [3.8, 4) is 11.5 Å². The maximum atomic E-state index is 11.9. The Morgan fingerprint density at radius 2 is 0.840 bits per heavy atom. The fourth-order valence-electron chi connectivity index (χ4n) is 12.8. The second kappa shape index (κ2) is 43.3. The second-order valence-corrected chi connectivity index (χ2v) is 33.2. The van der Waals surface area contributed by atoms with Crippen molar-refractivity contribution in [3.63, 3.8) is 0 Å². The predicted molar refractivity (Wildman–Crippen MR) is 455 cm³/mol. The number of aliphatic hydroxyl groups is 2. The molecule has 0 atom stereocenters. The third kappa shape index (κ3) is 25.5. The van der Waals surface area contributed by atoms with Crippen molar-refractivity contribution in [1.29, 1.82) is 0 Å². The Morgan fingerprint density at radius 1 is 0.538 bits per heavy atom. The molecule has 106 heavy (non-hydrogen) atoms. The summed E-state index contributed by atoms with van der Waals surface area (Å²) in [5, 5.41) is 43.5. The number of carbonyl (C=O) groups excluding carboxylic acids is 3. The predicted octanol–water partition coefficient (Wildman–Crippen LogP) is 12.1. The number of nitrogens with zero attached hydrogens (tertiary/aromatic N) is 7. The molecule has 580 valence electrons. The Balaban J connectivity index is 0.000000658. The molecule has 0 unspecified atom stereocenters. The summed E-state index contributed by atoms with van der Waals surface area (Å²) in [7, 11) is 4.06. The maximum Gasteiger partial charge on any atom is 1.00 e. The molecule has 0 bridgehead atoms. The van der Waals surface area contributed by atoms with E-state index >= 15 is 0 Å². The first-order chi connectivity index (χ1) is 46.5. The van der Waals surface area contributed by atoms with Crippen LogP contribution >= 0.6 is 94.4 Å². The summed E-state index contributed by atoms with van der Waals surface area (Å²) in [5.41, 5.74) is 8.93. The van der Waals surface area contributed by atoms with Gasteiger partial charge in [0.25, 0.3) is 0 Å². The van der Waals surface area contributed by atoms with Crippen LogP contribution in [0.4, 0.5) is 0 Å². The molecule has 5 N–H and O–H groups in total. The van der Waals surface area contributed by atoms with E-state index in [2.05, 4.69) is 164 Å². The van der Waals surface area contributed by atoms with E-state index in [9.17, 15) is 14.4 Å². The Morgan fingerprint density at radius 3 is 1.16 bits per heavy atom. The number of hydrogen-bond acceptors (Lipinski definition) is 16. The van der Waals surface area contributed by atoms with Crippen molar-refractivity contribution in [2.45, 2.75) is 255 Å². The first-order valence-corrected chi connectivity index (χ1v) is 37.7. The average Bonchev–Trinajstić information content (AvgIpc) is 1.59. The molecular weight excluding hydrogens is 1910 g/mol. The maximum absolute atomic E-state index is 11.9. The van der Waals surface area contributed by atoms with E-state index in [0.29, 0.717) is 25.4 Å². The zero-order valence-corrected chi connectivity index (χ0v) is 77.6. The van der Waals surface area contributed by atoms with Crippen molar-refractivity contribution >= 4 is 172 Å². The number of benzene rings is 3. The minimum Gasteiger partial charge on any atom is -1.00 e. The van der Waals surface area contributed by atoms with Crippen LogP contribution < -0.4 is 81.0 Å². The van der Waals surface area contributed by atoms with E-state index in [1.165, 1.54) is 115 Å². The molecule has 0 radical (unpaired) electrons. The Labute approximate surface area is 747 Å².